The maximum atomic E-state index is 12.1. The molecule has 158 valence electrons. The van der Waals surface area contributed by atoms with Crippen molar-refractivity contribution in [2.75, 3.05) is 19.0 Å². The van der Waals surface area contributed by atoms with Crippen LogP contribution in [0.25, 0.3) is 0 Å². The van der Waals surface area contributed by atoms with Crippen molar-refractivity contribution in [1.82, 2.24) is 5.32 Å². The standard InChI is InChI=1S/C20H21N3O7/c1-13(19(25)22-15-4-3-5-17(12-15)29-2)30-18(24)10-11-21-20(26)14-6-8-16(9-7-14)23(27)28/h3-9,12-13H,10-11H2,1-2H3,(H,21,26)(H,22,25)/t13-/m1/s1. The highest BCUT2D eigenvalue weighted by Gasteiger charge is 2.18. The quantitative estimate of drug-likeness (QED) is 0.364. The summed E-state index contributed by atoms with van der Waals surface area (Å²) < 4.78 is 10.1. The van der Waals surface area contributed by atoms with Gasteiger partial charge in [-0.25, -0.2) is 0 Å². The van der Waals surface area contributed by atoms with E-state index in [1.165, 1.54) is 38.3 Å². The smallest absolute Gasteiger partial charge is 0.308 e. The predicted octanol–water partition coefficient (Wildman–Crippen LogP) is 2.29. The van der Waals surface area contributed by atoms with Crippen LogP contribution in [0.4, 0.5) is 11.4 Å². The number of methoxy groups -OCH3 is 1. The molecule has 0 unspecified atom stereocenters. The van der Waals surface area contributed by atoms with Gasteiger partial charge in [-0.15, -0.1) is 0 Å². The van der Waals surface area contributed by atoms with Gasteiger partial charge in [-0.05, 0) is 31.2 Å². The molecule has 1 atom stereocenters. The molecule has 0 fully saturated rings. The predicted molar refractivity (Wildman–Crippen MR) is 107 cm³/mol. The van der Waals surface area contributed by atoms with Crippen molar-refractivity contribution < 1.29 is 28.8 Å². The van der Waals surface area contributed by atoms with E-state index in [-0.39, 0.29) is 24.2 Å². The molecule has 0 saturated carbocycles. The first-order valence-electron chi connectivity index (χ1n) is 8.97. The molecule has 0 saturated heterocycles. The number of nitrogens with one attached hydrogen (secondary N) is 2. The number of hydrogen-bond donors (Lipinski definition) is 2. The zero-order valence-corrected chi connectivity index (χ0v) is 16.4. The van der Waals surface area contributed by atoms with Crippen LogP contribution in [0, 0.1) is 10.1 Å². The van der Waals surface area contributed by atoms with E-state index >= 15 is 0 Å². The fourth-order valence-electron chi connectivity index (χ4n) is 2.37. The van der Waals surface area contributed by atoms with Crippen molar-refractivity contribution in [1.29, 1.82) is 0 Å². The number of carbonyl (C=O) groups is 3. The lowest BCUT2D eigenvalue weighted by molar-refractivity contribution is -0.384. The summed E-state index contributed by atoms with van der Waals surface area (Å²) in [6, 6.07) is 11.8. The van der Waals surface area contributed by atoms with E-state index < -0.39 is 28.8 Å². The minimum atomic E-state index is -1.03. The largest absolute Gasteiger partial charge is 0.497 e. The molecule has 10 heteroatoms. The molecule has 0 aromatic heterocycles. The van der Waals surface area contributed by atoms with E-state index in [0.717, 1.165) is 0 Å². The molecule has 2 rings (SSSR count). The summed E-state index contributed by atoms with van der Waals surface area (Å²) in [5, 5.41) is 15.7. The summed E-state index contributed by atoms with van der Waals surface area (Å²) >= 11 is 0. The van der Waals surface area contributed by atoms with E-state index in [4.69, 9.17) is 9.47 Å². The molecule has 0 spiro atoms. The molecule has 0 heterocycles. The Morgan fingerprint density at radius 3 is 2.47 bits per heavy atom. The molecule has 0 aliphatic rings. The molecule has 2 aromatic rings. The van der Waals surface area contributed by atoms with Crippen molar-refractivity contribution in [2.24, 2.45) is 0 Å². The summed E-state index contributed by atoms with van der Waals surface area (Å²) in [5.41, 5.74) is 0.592. The van der Waals surface area contributed by atoms with Crippen LogP contribution in [0.5, 0.6) is 5.75 Å². The van der Waals surface area contributed by atoms with Crippen LogP contribution in [0.1, 0.15) is 23.7 Å². The number of amides is 2. The van der Waals surface area contributed by atoms with Gasteiger partial charge in [0, 0.05) is 36.0 Å². The van der Waals surface area contributed by atoms with Crippen molar-refractivity contribution in [3.05, 3.63) is 64.2 Å². The minimum Gasteiger partial charge on any atom is -0.497 e. The highest BCUT2D eigenvalue weighted by molar-refractivity contribution is 5.96. The molecule has 0 bridgehead atoms. The maximum absolute atomic E-state index is 12.1. The number of rotatable bonds is 9. The second-order valence-corrected chi connectivity index (χ2v) is 6.16. The van der Waals surface area contributed by atoms with E-state index in [0.29, 0.717) is 11.4 Å². The van der Waals surface area contributed by atoms with Gasteiger partial charge < -0.3 is 20.1 Å². The van der Waals surface area contributed by atoms with Gasteiger partial charge in [0.25, 0.3) is 17.5 Å². The molecular formula is C20H21N3O7. The van der Waals surface area contributed by atoms with Crippen molar-refractivity contribution >= 4 is 29.2 Å². The summed E-state index contributed by atoms with van der Waals surface area (Å²) in [6.45, 7) is 1.42. The lowest BCUT2D eigenvalue weighted by Gasteiger charge is -2.14. The number of anilines is 1. The Labute approximate surface area is 172 Å². The number of nitro groups is 1. The second-order valence-electron chi connectivity index (χ2n) is 6.16. The monoisotopic (exact) mass is 415 g/mol. The van der Waals surface area contributed by atoms with E-state index in [1.807, 2.05) is 0 Å². The SMILES string of the molecule is COc1cccc(NC(=O)[C@@H](C)OC(=O)CCNC(=O)c2ccc([N+](=O)[O-])cc2)c1. The van der Waals surface area contributed by atoms with E-state index in [2.05, 4.69) is 10.6 Å². The summed E-state index contributed by atoms with van der Waals surface area (Å²) in [4.78, 5) is 46.1. The first-order valence-corrected chi connectivity index (χ1v) is 8.97. The van der Waals surface area contributed by atoms with E-state index in [1.54, 1.807) is 24.3 Å². The average molecular weight is 415 g/mol. The van der Waals surface area contributed by atoms with Crippen LogP contribution in [0.3, 0.4) is 0 Å². The molecule has 2 aromatic carbocycles. The number of esters is 1. The van der Waals surface area contributed by atoms with Gasteiger partial charge >= 0.3 is 5.97 Å². The highest BCUT2D eigenvalue weighted by Crippen LogP contribution is 2.17. The minimum absolute atomic E-state index is 0.0150. The van der Waals surface area contributed by atoms with Gasteiger partial charge in [0.15, 0.2) is 6.10 Å². The first kappa shape index (κ1) is 22.3. The molecular weight excluding hydrogens is 394 g/mol. The summed E-state index contributed by atoms with van der Waals surface area (Å²) in [6.07, 6.45) is -1.18. The number of non-ortho nitro benzene ring substituents is 1. The lowest BCUT2D eigenvalue weighted by Crippen LogP contribution is -2.32. The van der Waals surface area contributed by atoms with Gasteiger partial charge in [-0.3, -0.25) is 24.5 Å². The third-order valence-electron chi connectivity index (χ3n) is 3.97. The Kier molecular flexibility index (Phi) is 7.86. The van der Waals surface area contributed by atoms with Gasteiger partial charge in [-0.2, -0.15) is 0 Å². The number of ether oxygens (including phenoxy) is 2. The number of nitro benzene ring substituents is 1. The number of hydrogen-bond acceptors (Lipinski definition) is 7. The van der Waals surface area contributed by atoms with E-state index in [9.17, 15) is 24.5 Å². The van der Waals surface area contributed by atoms with Crippen LogP contribution < -0.4 is 15.4 Å². The summed E-state index contributed by atoms with van der Waals surface area (Å²) in [5.74, 6) is -1.08. The van der Waals surface area contributed by atoms with Crippen molar-refractivity contribution in [3.8, 4) is 5.75 Å². The van der Waals surface area contributed by atoms with Gasteiger partial charge in [0.2, 0.25) is 0 Å². The molecule has 2 N–H and O–H groups in total. The zero-order valence-electron chi connectivity index (χ0n) is 16.4. The Hall–Kier alpha value is -3.95. The molecule has 0 aliphatic carbocycles. The molecule has 0 radical (unpaired) electrons. The number of benzene rings is 2. The molecule has 30 heavy (non-hydrogen) atoms. The second kappa shape index (κ2) is 10.6. The Bertz CT molecular complexity index is 928. The highest BCUT2D eigenvalue weighted by atomic mass is 16.6. The Morgan fingerprint density at radius 1 is 1.13 bits per heavy atom. The fraction of sp³-hybridized carbons (Fsp3) is 0.250. The van der Waals surface area contributed by atoms with Crippen LogP contribution in [0.2, 0.25) is 0 Å². The zero-order chi connectivity index (χ0) is 22.1. The van der Waals surface area contributed by atoms with Crippen LogP contribution in [0.15, 0.2) is 48.5 Å². The normalized spacial score (nSPS) is 11.1. The topological polar surface area (TPSA) is 137 Å². The third kappa shape index (κ3) is 6.59. The molecule has 10 nitrogen and oxygen atoms in total. The van der Waals surface area contributed by atoms with Crippen LogP contribution >= 0.6 is 0 Å². The Balaban J connectivity index is 1.75. The van der Waals surface area contributed by atoms with Crippen molar-refractivity contribution in [2.45, 2.75) is 19.4 Å². The molecule has 0 aliphatic heterocycles. The van der Waals surface area contributed by atoms with Crippen molar-refractivity contribution in [3.63, 3.8) is 0 Å². The maximum Gasteiger partial charge on any atom is 0.308 e. The average Bonchev–Trinajstić information content (AvgIpc) is 2.73. The Morgan fingerprint density at radius 2 is 1.83 bits per heavy atom. The first-order chi connectivity index (χ1) is 14.3. The van der Waals surface area contributed by atoms with Crippen LogP contribution in [-0.2, 0) is 14.3 Å². The molecule has 2 amide bonds. The number of carbonyl (C=O) groups excluding carboxylic acids is 3. The van der Waals surface area contributed by atoms with Gasteiger partial charge in [0.1, 0.15) is 5.75 Å². The number of nitrogens with zero attached hydrogens (tertiary/aromatic N) is 1. The fourth-order valence-corrected chi connectivity index (χ4v) is 2.37. The van der Waals surface area contributed by atoms with Crippen LogP contribution in [-0.4, -0.2) is 42.5 Å². The third-order valence-corrected chi connectivity index (χ3v) is 3.97. The summed E-state index contributed by atoms with van der Waals surface area (Å²) in [7, 11) is 1.51. The van der Waals surface area contributed by atoms with Gasteiger partial charge in [-0.1, -0.05) is 6.07 Å². The van der Waals surface area contributed by atoms with Gasteiger partial charge in [0.05, 0.1) is 18.5 Å². The lowest BCUT2D eigenvalue weighted by atomic mass is 10.2.